The number of aromatic nitrogens is 1. The molecule has 3 nitrogen and oxygen atoms in total. The van der Waals surface area contributed by atoms with Crippen LogP contribution in [0.3, 0.4) is 0 Å². The fraction of sp³-hybridized carbons (Fsp3) is 0.143. The SMILES string of the molecule is O=COc1ncccc1C(F)(F)F. The molecule has 0 spiro atoms. The summed E-state index contributed by atoms with van der Waals surface area (Å²) in [6.07, 6.45) is -3.46. The lowest BCUT2D eigenvalue weighted by atomic mass is 10.2. The summed E-state index contributed by atoms with van der Waals surface area (Å²) in [5.41, 5.74) is -1.07. The van der Waals surface area contributed by atoms with Crippen LogP contribution in [0.25, 0.3) is 0 Å². The van der Waals surface area contributed by atoms with Gasteiger partial charge in [0, 0.05) is 6.20 Å². The van der Waals surface area contributed by atoms with Crippen molar-refractivity contribution >= 4 is 6.47 Å². The number of alkyl halides is 3. The molecule has 70 valence electrons. The Kier molecular flexibility index (Phi) is 2.50. The van der Waals surface area contributed by atoms with Crippen LogP contribution < -0.4 is 4.74 Å². The van der Waals surface area contributed by atoms with Crippen LogP contribution in [0.2, 0.25) is 0 Å². The number of hydrogen-bond donors (Lipinski definition) is 0. The van der Waals surface area contributed by atoms with Gasteiger partial charge in [0.15, 0.2) is 0 Å². The number of pyridine rings is 1. The number of hydrogen-bond acceptors (Lipinski definition) is 3. The molecule has 13 heavy (non-hydrogen) atoms. The van der Waals surface area contributed by atoms with E-state index in [9.17, 15) is 18.0 Å². The molecule has 0 aliphatic rings. The van der Waals surface area contributed by atoms with Gasteiger partial charge in [0.05, 0.1) is 0 Å². The molecule has 0 unspecified atom stereocenters. The minimum atomic E-state index is -4.56. The summed E-state index contributed by atoms with van der Waals surface area (Å²) in [5.74, 6) is -0.731. The molecule has 0 aromatic carbocycles. The standard InChI is InChI=1S/C7H4F3NO2/c8-7(9,10)5-2-1-3-11-6(5)13-4-12/h1-4H. The maximum absolute atomic E-state index is 12.1. The first-order valence-electron chi connectivity index (χ1n) is 3.18. The van der Waals surface area contributed by atoms with Crippen molar-refractivity contribution in [3.05, 3.63) is 23.9 Å². The van der Waals surface area contributed by atoms with Crippen LogP contribution in [-0.4, -0.2) is 11.5 Å². The first kappa shape index (κ1) is 9.50. The van der Waals surface area contributed by atoms with E-state index in [0.717, 1.165) is 18.3 Å². The van der Waals surface area contributed by atoms with Gasteiger partial charge in [-0.2, -0.15) is 13.2 Å². The summed E-state index contributed by atoms with van der Waals surface area (Å²) in [5, 5.41) is 0. The molecule has 1 aromatic heterocycles. The van der Waals surface area contributed by atoms with Gasteiger partial charge in [-0.3, -0.25) is 4.79 Å². The van der Waals surface area contributed by atoms with E-state index in [4.69, 9.17) is 0 Å². The van der Waals surface area contributed by atoms with Gasteiger partial charge < -0.3 is 4.74 Å². The molecule has 0 aliphatic heterocycles. The Bertz CT molecular complexity index is 311. The average Bonchev–Trinajstić information content (AvgIpc) is 2.04. The summed E-state index contributed by atoms with van der Waals surface area (Å²) in [4.78, 5) is 13.1. The fourth-order valence-corrected chi connectivity index (χ4v) is 0.746. The van der Waals surface area contributed by atoms with Crippen LogP contribution >= 0.6 is 0 Å². The largest absolute Gasteiger partial charge is 0.421 e. The van der Waals surface area contributed by atoms with E-state index >= 15 is 0 Å². The van der Waals surface area contributed by atoms with Crippen LogP contribution in [0.5, 0.6) is 5.88 Å². The summed E-state index contributed by atoms with van der Waals surface area (Å²) in [6.45, 7) is -0.0996. The summed E-state index contributed by atoms with van der Waals surface area (Å²) < 4.78 is 40.5. The molecule has 1 rings (SSSR count). The first-order chi connectivity index (χ1) is 6.05. The van der Waals surface area contributed by atoms with Crippen molar-refractivity contribution in [1.82, 2.24) is 4.98 Å². The minimum absolute atomic E-state index is 0.0996. The van der Waals surface area contributed by atoms with Crippen LogP contribution in [-0.2, 0) is 11.0 Å². The Balaban J connectivity index is 3.11. The molecular formula is C7H4F3NO2. The van der Waals surface area contributed by atoms with Gasteiger partial charge in [0.2, 0.25) is 5.88 Å². The molecule has 1 heterocycles. The molecule has 0 aliphatic carbocycles. The van der Waals surface area contributed by atoms with Crippen molar-refractivity contribution in [3.8, 4) is 5.88 Å². The lowest BCUT2D eigenvalue weighted by Crippen LogP contribution is -2.09. The van der Waals surface area contributed by atoms with Crippen LogP contribution in [0.15, 0.2) is 18.3 Å². The Hall–Kier alpha value is -1.59. The third-order valence-electron chi connectivity index (χ3n) is 1.24. The number of rotatable bonds is 2. The van der Waals surface area contributed by atoms with Gasteiger partial charge in [0.1, 0.15) is 5.56 Å². The topological polar surface area (TPSA) is 39.2 Å². The molecule has 0 saturated heterocycles. The second-order valence-corrected chi connectivity index (χ2v) is 2.07. The third kappa shape index (κ3) is 2.17. The maximum Gasteiger partial charge on any atom is 0.421 e. The highest BCUT2D eigenvalue weighted by Gasteiger charge is 2.34. The van der Waals surface area contributed by atoms with Crippen molar-refractivity contribution in [3.63, 3.8) is 0 Å². The molecule has 1 aromatic rings. The molecular weight excluding hydrogens is 187 g/mol. The average molecular weight is 191 g/mol. The molecule has 0 amide bonds. The minimum Gasteiger partial charge on any atom is -0.409 e. The highest BCUT2D eigenvalue weighted by molar-refractivity contribution is 5.45. The maximum atomic E-state index is 12.1. The van der Waals surface area contributed by atoms with E-state index in [2.05, 4.69) is 9.72 Å². The molecule has 6 heteroatoms. The third-order valence-corrected chi connectivity index (χ3v) is 1.24. The predicted octanol–water partition coefficient (Wildman–Crippen LogP) is 1.64. The van der Waals surface area contributed by atoms with Crippen molar-refractivity contribution in [2.24, 2.45) is 0 Å². The van der Waals surface area contributed by atoms with E-state index in [-0.39, 0.29) is 6.47 Å². The predicted molar refractivity (Wildman–Crippen MR) is 35.9 cm³/mol. The lowest BCUT2D eigenvalue weighted by Gasteiger charge is -2.08. The number of ether oxygens (including phenoxy) is 1. The zero-order chi connectivity index (χ0) is 9.90. The zero-order valence-electron chi connectivity index (χ0n) is 6.21. The normalized spacial score (nSPS) is 11.0. The second-order valence-electron chi connectivity index (χ2n) is 2.07. The molecule has 0 fully saturated rings. The molecule has 0 radical (unpaired) electrons. The Morgan fingerprint density at radius 1 is 1.46 bits per heavy atom. The molecule has 0 N–H and O–H groups in total. The van der Waals surface area contributed by atoms with Crippen molar-refractivity contribution < 1.29 is 22.7 Å². The number of carbonyl (C=O) groups is 1. The number of carbonyl (C=O) groups excluding carboxylic acids is 1. The fourth-order valence-electron chi connectivity index (χ4n) is 0.746. The first-order valence-corrected chi connectivity index (χ1v) is 3.18. The Labute approximate surface area is 71.2 Å². The lowest BCUT2D eigenvalue weighted by molar-refractivity contribution is -0.140. The Morgan fingerprint density at radius 2 is 2.15 bits per heavy atom. The van der Waals surface area contributed by atoms with Crippen molar-refractivity contribution in [1.29, 1.82) is 0 Å². The van der Waals surface area contributed by atoms with Crippen LogP contribution in [0.4, 0.5) is 13.2 Å². The summed E-state index contributed by atoms with van der Waals surface area (Å²) in [7, 11) is 0. The van der Waals surface area contributed by atoms with E-state index in [1.54, 1.807) is 0 Å². The Morgan fingerprint density at radius 3 is 2.69 bits per heavy atom. The van der Waals surface area contributed by atoms with Crippen molar-refractivity contribution in [2.45, 2.75) is 6.18 Å². The van der Waals surface area contributed by atoms with Gasteiger partial charge in [-0.25, -0.2) is 4.98 Å². The van der Waals surface area contributed by atoms with E-state index in [0.29, 0.717) is 0 Å². The van der Waals surface area contributed by atoms with Crippen molar-refractivity contribution in [2.75, 3.05) is 0 Å². The zero-order valence-corrected chi connectivity index (χ0v) is 6.21. The van der Waals surface area contributed by atoms with Gasteiger partial charge in [-0.05, 0) is 12.1 Å². The highest BCUT2D eigenvalue weighted by Crippen LogP contribution is 2.34. The van der Waals surface area contributed by atoms with Crippen LogP contribution in [0, 0.1) is 0 Å². The van der Waals surface area contributed by atoms with Gasteiger partial charge in [0.25, 0.3) is 6.47 Å². The van der Waals surface area contributed by atoms with Gasteiger partial charge in [-0.1, -0.05) is 0 Å². The van der Waals surface area contributed by atoms with Crippen LogP contribution in [0.1, 0.15) is 5.56 Å². The monoisotopic (exact) mass is 191 g/mol. The highest BCUT2D eigenvalue weighted by atomic mass is 19.4. The van der Waals surface area contributed by atoms with E-state index < -0.39 is 17.6 Å². The number of nitrogens with zero attached hydrogens (tertiary/aromatic N) is 1. The second kappa shape index (κ2) is 3.42. The van der Waals surface area contributed by atoms with E-state index in [1.807, 2.05) is 0 Å². The quantitative estimate of drug-likeness (QED) is 0.667. The van der Waals surface area contributed by atoms with Gasteiger partial charge in [-0.15, -0.1) is 0 Å². The summed E-state index contributed by atoms with van der Waals surface area (Å²) >= 11 is 0. The van der Waals surface area contributed by atoms with Gasteiger partial charge >= 0.3 is 6.18 Å². The molecule has 0 bridgehead atoms. The molecule has 0 atom stereocenters. The molecule has 0 saturated carbocycles. The number of halogens is 3. The van der Waals surface area contributed by atoms with E-state index in [1.165, 1.54) is 0 Å². The smallest absolute Gasteiger partial charge is 0.409 e. The summed E-state index contributed by atoms with van der Waals surface area (Å²) in [6, 6.07) is 1.90.